The van der Waals surface area contributed by atoms with Crippen LogP contribution < -0.4 is 0 Å². The largest absolute Gasteiger partial charge is 0.508 e. The van der Waals surface area contributed by atoms with E-state index in [1.165, 1.54) is 0 Å². The average molecular weight is 192 g/mol. The predicted octanol–water partition coefficient (Wildman–Crippen LogP) is 2.70. The average Bonchev–Trinajstić information content (AvgIpc) is 2.01. The van der Waals surface area contributed by atoms with Gasteiger partial charge in [-0.15, -0.1) is 0 Å². The van der Waals surface area contributed by atoms with E-state index in [4.69, 9.17) is 0 Å². The molecule has 1 rings (SSSR count). The van der Waals surface area contributed by atoms with Crippen molar-refractivity contribution in [2.75, 3.05) is 0 Å². The van der Waals surface area contributed by atoms with Gasteiger partial charge in [0.15, 0.2) is 0 Å². The van der Waals surface area contributed by atoms with E-state index in [0.29, 0.717) is 12.2 Å². The molecular formula is C12H16O2. The molecule has 2 nitrogen and oxygen atoms in total. The number of hydrogen-bond donors (Lipinski definition) is 1. The molecule has 0 aromatic heterocycles. The number of aldehydes is 1. The van der Waals surface area contributed by atoms with Crippen LogP contribution in [0.4, 0.5) is 0 Å². The topological polar surface area (TPSA) is 37.3 Å². The minimum absolute atomic E-state index is 0.0908. The molecule has 0 spiro atoms. The zero-order valence-corrected chi connectivity index (χ0v) is 8.87. The number of aryl methyl sites for hydroxylation is 2. The first kappa shape index (κ1) is 10.8. The molecule has 0 radical (unpaired) electrons. The number of rotatable bonds is 3. The Morgan fingerprint density at radius 3 is 2.57 bits per heavy atom. The third-order valence-electron chi connectivity index (χ3n) is 2.45. The summed E-state index contributed by atoms with van der Waals surface area (Å²) in [4.78, 5) is 10.4. The molecule has 1 atom stereocenters. The van der Waals surface area contributed by atoms with Crippen LogP contribution in [0.3, 0.4) is 0 Å². The molecule has 0 fully saturated rings. The normalized spacial score (nSPS) is 12.5. The van der Waals surface area contributed by atoms with Crippen LogP contribution in [0, 0.1) is 13.8 Å². The maximum absolute atomic E-state index is 10.4. The molecule has 14 heavy (non-hydrogen) atoms. The molecule has 0 amide bonds. The smallest absolute Gasteiger partial charge is 0.120 e. The second-order valence-corrected chi connectivity index (χ2v) is 3.82. The van der Waals surface area contributed by atoms with Crippen molar-refractivity contribution in [2.45, 2.75) is 33.1 Å². The Bertz CT molecular complexity index is 319. The Morgan fingerprint density at radius 1 is 1.43 bits per heavy atom. The van der Waals surface area contributed by atoms with Gasteiger partial charge in [-0.1, -0.05) is 13.0 Å². The summed E-state index contributed by atoms with van der Waals surface area (Å²) >= 11 is 0. The summed E-state index contributed by atoms with van der Waals surface area (Å²) < 4.78 is 0. The van der Waals surface area contributed by atoms with Gasteiger partial charge < -0.3 is 9.90 Å². The van der Waals surface area contributed by atoms with Gasteiger partial charge in [-0.2, -0.15) is 0 Å². The fourth-order valence-corrected chi connectivity index (χ4v) is 1.86. The maximum atomic E-state index is 10.4. The minimum atomic E-state index is 0.0908. The van der Waals surface area contributed by atoms with Crippen LogP contribution in [0.2, 0.25) is 0 Å². The lowest BCUT2D eigenvalue weighted by molar-refractivity contribution is -0.108. The van der Waals surface area contributed by atoms with Crippen molar-refractivity contribution >= 4 is 6.29 Å². The van der Waals surface area contributed by atoms with E-state index in [2.05, 4.69) is 0 Å². The van der Waals surface area contributed by atoms with Crippen molar-refractivity contribution in [3.05, 3.63) is 28.8 Å². The fourth-order valence-electron chi connectivity index (χ4n) is 1.86. The predicted molar refractivity (Wildman–Crippen MR) is 56.7 cm³/mol. The summed E-state index contributed by atoms with van der Waals surface area (Å²) in [6, 6.07) is 3.76. The Hall–Kier alpha value is -1.31. The zero-order chi connectivity index (χ0) is 10.7. The number of carbonyl (C=O) groups is 1. The van der Waals surface area contributed by atoms with E-state index in [1.54, 1.807) is 6.07 Å². The third-order valence-corrected chi connectivity index (χ3v) is 2.45. The first-order valence-corrected chi connectivity index (χ1v) is 4.80. The second kappa shape index (κ2) is 4.27. The van der Waals surface area contributed by atoms with Crippen molar-refractivity contribution in [1.82, 2.24) is 0 Å². The molecule has 1 aromatic rings. The maximum Gasteiger partial charge on any atom is 0.120 e. The molecule has 0 aliphatic heterocycles. The first-order valence-electron chi connectivity index (χ1n) is 4.80. The van der Waals surface area contributed by atoms with Gasteiger partial charge >= 0.3 is 0 Å². The Balaban J connectivity index is 3.13. The fraction of sp³-hybridized carbons (Fsp3) is 0.417. The highest BCUT2D eigenvalue weighted by Gasteiger charge is 2.13. The minimum Gasteiger partial charge on any atom is -0.508 e. The SMILES string of the molecule is Cc1cc(C)c(C(C)CC=O)c(O)c1. The molecule has 0 saturated carbocycles. The highest BCUT2D eigenvalue weighted by molar-refractivity contribution is 5.54. The van der Waals surface area contributed by atoms with Gasteiger partial charge in [-0.25, -0.2) is 0 Å². The second-order valence-electron chi connectivity index (χ2n) is 3.82. The standard InChI is InChI=1S/C12H16O2/c1-8-6-10(3)12(11(14)7-8)9(2)4-5-13/h5-7,9,14H,4H2,1-3H3. The Morgan fingerprint density at radius 2 is 2.07 bits per heavy atom. The van der Waals surface area contributed by atoms with Crippen molar-refractivity contribution in [3.8, 4) is 5.75 Å². The number of phenolic OH excluding ortho intramolecular Hbond substituents is 1. The molecule has 1 unspecified atom stereocenters. The number of hydrogen-bond acceptors (Lipinski definition) is 2. The van der Waals surface area contributed by atoms with Crippen LogP contribution in [0.15, 0.2) is 12.1 Å². The molecule has 0 heterocycles. The van der Waals surface area contributed by atoms with E-state index >= 15 is 0 Å². The molecule has 2 heteroatoms. The van der Waals surface area contributed by atoms with Crippen molar-refractivity contribution in [3.63, 3.8) is 0 Å². The van der Waals surface area contributed by atoms with Crippen LogP contribution >= 0.6 is 0 Å². The molecule has 1 N–H and O–H groups in total. The summed E-state index contributed by atoms with van der Waals surface area (Å²) in [6.45, 7) is 5.86. The van der Waals surface area contributed by atoms with Crippen molar-refractivity contribution < 1.29 is 9.90 Å². The summed E-state index contributed by atoms with van der Waals surface area (Å²) in [7, 11) is 0. The van der Waals surface area contributed by atoms with E-state index in [9.17, 15) is 9.90 Å². The monoisotopic (exact) mass is 192 g/mol. The van der Waals surface area contributed by atoms with Crippen LogP contribution in [0.5, 0.6) is 5.75 Å². The highest BCUT2D eigenvalue weighted by atomic mass is 16.3. The zero-order valence-electron chi connectivity index (χ0n) is 8.87. The van der Waals surface area contributed by atoms with Gasteiger partial charge in [-0.3, -0.25) is 0 Å². The summed E-state index contributed by atoms with van der Waals surface area (Å²) in [5, 5.41) is 9.75. The van der Waals surface area contributed by atoms with Crippen LogP contribution in [0.25, 0.3) is 0 Å². The van der Waals surface area contributed by atoms with E-state index in [0.717, 1.165) is 23.0 Å². The van der Waals surface area contributed by atoms with Crippen LogP contribution in [-0.2, 0) is 4.79 Å². The highest BCUT2D eigenvalue weighted by Crippen LogP contribution is 2.31. The summed E-state index contributed by atoms with van der Waals surface area (Å²) in [5.41, 5.74) is 2.99. The van der Waals surface area contributed by atoms with Crippen LogP contribution in [0.1, 0.15) is 36.0 Å². The van der Waals surface area contributed by atoms with Gasteiger partial charge in [0.05, 0.1) is 0 Å². The van der Waals surface area contributed by atoms with Gasteiger partial charge in [0.1, 0.15) is 12.0 Å². The van der Waals surface area contributed by atoms with E-state index in [-0.39, 0.29) is 5.92 Å². The van der Waals surface area contributed by atoms with Gasteiger partial charge in [-0.05, 0) is 37.0 Å². The molecule has 0 aliphatic carbocycles. The molecular weight excluding hydrogens is 176 g/mol. The lowest BCUT2D eigenvalue weighted by Gasteiger charge is -2.14. The number of aromatic hydroxyl groups is 1. The Kier molecular flexibility index (Phi) is 3.28. The lowest BCUT2D eigenvalue weighted by atomic mass is 9.92. The van der Waals surface area contributed by atoms with Crippen LogP contribution in [-0.4, -0.2) is 11.4 Å². The third kappa shape index (κ3) is 2.13. The number of carbonyl (C=O) groups excluding carboxylic acids is 1. The molecule has 0 saturated heterocycles. The molecule has 0 aliphatic rings. The number of phenols is 1. The first-order chi connectivity index (χ1) is 6.56. The number of benzene rings is 1. The summed E-state index contributed by atoms with van der Waals surface area (Å²) in [5.74, 6) is 0.393. The van der Waals surface area contributed by atoms with Crippen molar-refractivity contribution in [2.24, 2.45) is 0 Å². The Labute approximate surface area is 84.6 Å². The van der Waals surface area contributed by atoms with E-state index in [1.807, 2.05) is 26.8 Å². The lowest BCUT2D eigenvalue weighted by Crippen LogP contribution is -1.98. The quantitative estimate of drug-likeness (QED) is 0.747. The summed E-state index contributed by atoms with van der Waals surface area (Å²) in [6.07, 6.45) is 1.35. The van der Waals surface area contributed by atoms with E-state index < -0.39 is 0 Å². The van der Waals surface area contributed by atoms with Crippen molar-refractivity contribution in [1.29, 1.82) is 0 Å². The molecule has 1 aromatic carbocycles. The molecule has 0 bridgehead atoms. The van der Waals surface area contributed by atoms with Gasteiger partial charge in [0.2, 0.25) is 0 Å². The van der Waals surface area contributed by atoms with Gasteiger partial charge in [0.25, 0.3) is 0 Å². The van der Waals surface area contributed by atoms with Gasteiger partial charge in [0, 0.05) is 12.0 Å². The molecule has 76 valence electrons.